The average Bonchev–Trinajstić information content (AvgIpc) is 3.16. The van der Waals surface area contributed by atoms with Crippen LogP contribution in [0.5, 0.6) is 0 Å². The van der Waals surface area contributed by atoms with E-state index in [0.29, 0.717) is 0 Å². The zero-order valence-electron chi connectivity index (χ0n) is 18.9. The van der Waals surface area contributed by atoms with Gasteiger partial charge < -0.3 is 40.2 Å². The minimum Gasteiger partial charge on any atom is -0.460 e. The SMILES string of the molecule is CC(O)C(NC(=O)C1=CC2OCOC2C(O)C1)C(=O)NC(CO)CCC(=O)OC(C)(C)C. The summed E-state index contributed by atoms with van der Waals surface area (Å²) in [5.74, 6) is -1.81. The highest BCUT2D eigenvalue weighted by Gasteiger charge is 2.40. The molecular weight excluding hydrogens is 424 g/mol. The Morgan fingerprint density at radius 2 is 1.94 bits per heavy atom. The van der Waals surface area contributed by atoms with Crippen LogP contribution in [0.4, 0.5) is 0 Å². The number of aliphatic hydroxyl groups is 3. The molecule has 6 unspecified atom stereocenters. The van der Waals surface area contributed by atoms with Crippen LogP contribution in [0.15, 0.2) is 11.6 Å². The lowest BCUT2D eigenvalue weighted by atomic mass is 9.91. The van der Waals surface area contributed by atoms with Gasteiger partial charge in [-0.25, -0.2) is 0 Å². The molecule has 1 aliphatic heterocycles. The number of carbonyl (C=O) groups is 3. The fourth-order valence-electron chi connectivity index (χ4n) is 3.46. The van der Waals surface area contributed by atoms with Gasteiger partial charge in [-0.05, 0) is 40.2 Å². The molecule has 0 aromatic heterocycles. The van der Waals surface area contributed by atoms with E-state index in [1.54, 1.807) is 20.8 Å². The van der Waals surface area contributed by atoms with Gasteiger partial charge in [0, 0.05) is 18.4 Å². The minimum absolute atomic E-state index is 0.0136. The van der Waals surface area contributed by atoms with Gasteiger partial charge in [-0.1, -0.05) is 0 Å². The largest absolute Gasteiger partial charge is 0.460 e. The third-order valence-corrected chi connectivity index (χ3v) is 5.05. The molecule has 0 aromatic carbocycles. The molecule has 182 valence electrons. The molecular formula is C21H34N2O9. The number of hydrogen-bond donors (Lipinski definition) is 5. The molecule has 1 saturated heterocycles. The number of esters is 1. The monoisotopic (exact) mass is 458 g/mol. The first-order chi connectivity index (χ1) is 14.9. The summed E-state index contributed by atoms with van der Waals surface area (Å²) >= 11 is 0. The topological polar surface area (TPSA) is 164 Å². The Hall–Kier alpha value is -2.05. The Bertz CT molecular complexity index is 717. The van der Waals surface area contributed by atoms with E-state index in [0.717, 1.165) is 0 Å². The lowest BCUT2D eigenvalue weighted by molar-refractivity contribution is -0.155. The third kappa shape index (κ3) is 7.52. The van der Waals surface area contributed by atoms with E-state index >= 15 is 0 Å². The summed E-state index contributed by atoms with van der Waals surface area (Å²) < 4.78 is 15.8. The molecule has 5 N–H and O–H groups in total. The van der Waals surface area contributed by atoms with Gasteiger partial charge in [0.05, 0.1) is 24.9 Å². The van der Waals surface area contributed by atoms with Crippen LogP contribution in [0, 0.1) is 0 Å². The second kappa shape index (κ2) is 11.2. The molecule has 1 aliphatic carbocycles. The molecule has 2 rings (SSSR count). The lowest BCUT2D eigenvalue weighted by Crippen LogP contribution is -2.55. The van der Waals surface area contributed by atoms with Crippen LogP contribution in [0.3, 0.4) is 0 Å². The van der Waals surface area contributed by atoms with E-state index < -0.39 is 66.5 Å². The first-order valence-corrected chi connectivity index (χ1v) is 10.6. The predicted molar refractivity (Wildman–Crippen MR) is 111 cm³/mol. The number of amides is 2. The Labute approximate surface area is 187 Å². The summed E-state index contributed by atoms with van der Waals surface area (Å²) in [7, 11) is 0. The van der Waals surface area contributed by atoms with Crippen LogP contribution in [0.25, 0.3) is 0 Å². The average molecular weight is 459 g/mol. The smallest absolute Gasteiger partial charge is 0.306 e. The van der Waals surface area contributed by atoms with Crippen molar-refractivity contribution in [3.05, 3.63) is 11.6 Å². The van der Waals surface area contributed by atoms with Crippen LogP contribution >= 0.6 is 0 Å². The molecule has 0 spiro atoms. The maximum Gasteiger partial charge on any atom is 0.306 e. The van der Waals surface area contributed by atoms with Crippen molar-refractivity contribution in [1.82, 2.24) is 10.6 Å². The normalized spacial score (nSPS) is 25.7. The minimum atomic E-state index is -1.31. The highest BCUT2D eigenvalue weighted by molar-refractivity contribution is 5.97. The second-order valence-electron chi connectivity index (χ2n) is 9.05. The summed E-state index contributed by atoms with van der Waals surface area (Å²) in [6.45, 7) is 6.12. The van der Waals surface area contributed by atoms with Crippen LogP contribution < -0.4 is 10.6 Å². The van der Waals surface area contributed by atoms with Crippen molar-refractivity contribution in [3.63, 3.8) is 0 Å². The lowest BCUT2D eigenvalue weighted by Gasteiger charge is -2.28. The highest BCUT2D eigenvalue weighted by atomic mass is 16.7. The van der Waals surface area contributed by atoms with Gasteiger partial charge >= 0.3 is 5.97 Å². The van der Waals surface area contributed by atoms with Gasteiger partial charge in [0.2, 0.25) is 11.8 Å². The van der Waals surface area contributed by atoms with Crippen LogP contribution in [0.2, 0.25) is 0 Å². The van der Waals surface area contributed by atoms with E-state index in [1.807, 2.05) is 0 Å². The van der Waals surface area contributed by atoms with E-state index in [9.17, 15) is 29.7 Å². The Kier molecular flexibility index (Phi) is 9.17. The van der Waals surface area contributed by atoms with Crippen molar-refractivity contribution in [1.29, 1.82) is 0 Å². The molecule has 1 heterocycles. The molecule has 1 fully saturated rings. The first-order valence-electron chi connectivity index (χ1n) is 10.6. The molecule has 11 heteroatoms. The maximum atomic E-state index is 12.7. The zero-order valence-corrected chi connectivity index (χ0v) is 18.9. The van der Waals surface area contributed by atoms with Gasteiger partial charge in [-0.3, -0.25) is 14.4 Å². The van der Waals surface area contributed by atoms with Crippen molar-refractivity contribution < 1.29 is 43.9 Å². The maximum absolute atomic E-state index is 12.7. The molecule has 11 nitrogen and oxygen atoms in total. The van der Waals surface area contributed by atoms with Crippen molar-refractivity contribution >= 4 is 17.8 Å². The van der Waals surface area contributed by atoms with Gasteiger partial charge in [0.1, 0.15) is 30.6 Å². The predicted octanol–water partition coefficient (Wildman–Crippen LogP) is -1.12. The second-order valence-corrected chi connectivity index (χ2v) is 9.05. The number of hydrogen-bond acceptors (Lipinski definition) is 9. The standard InChI is InChI=1S/C21H34N2O9/c1-11(25)17(20(29)22-13(9-24)5-6-16(27)32-21(2,3)4)23-19(28)12-7-14(26)18-15(8-12)30-10-31-18/h8,11,13-15,17-18,24-26H,5-7,9-10H2,1-4H3,(H,22,29)(H,23,28). The molecule has 0 radical (unpaired) electrons. The van der Waals surface area contributed by atoms with Gasteiger partial charge in [0.25, 0.3) is 0 Å². The fraction of sp³-hybridized carbons (Fsp3) is 0.762. The number of carbonyl (C=O) groups excluding carboxylic acids is 3. The number of nitrogens with one attached hydrogen (secondary N) is 2. The van der Waals surface area contributed by atoms with Crippen molar-refractivity contribution in [2.75, 3.05) is 13.4 Å². The Balaban J connectivity index is 1.95. The summed E-state index contributed by atoms with van der Waals surface area (Å²) in [6.07, 6.45) is -1.63. The Morgan fingerprint density at radius 1 is 1.25 bits per heavy atom. The van der Waals surface area contributed by atoms with E-state index in [1.165, 1.54) is 13.0 Å². The summed E-state index contributed by atoms with van der Waals surface area (Å²) in [5.41, 5.74) is -0.431. The molecule has 2 amide bonds. The van der Waals surface area contributed by atoms with E-state index in [4.69, 9.17) is 14.2 Å². The first kappa shape index (κ1) is 26.2. The van der Waals surface area contributed by atoms with Gasteiger partial charge in [0.15, 0.2) is 0 Å². The zero-order chi connectivity index (χ0) is 24.1. The van der Waals surface area contributed by atoms with E-state index in [2.05, 4.69) is 10.6 Å². The van der Waals surface area contributed by atoms with Crippen LogP contribution in [0.1, 0.15) is 47.0 Å². The molecule has 2 aliphatic rings. The van der Waals surface area contributed by atoms with Crippen molar-refractivity contribution in [2.45, 2.75) is 89.1 Å². The van der Waals surface area contributed by atoms with Gasteiger partial charge in [-0.2, -0.15) is 0 Å². The molecule has 0 aromatic rings. The molecule has 0 saturated carbocycles. The van der Waals surface area contributed by atoms with Crippen molar-refractivity contribution in [3.8, 4) is 0 Å². The molecule has 32 heavy (non-hydrogen) atoms. The third-order valence-electron chi connectivity index (χ3n) is 5.05. The van der Waals surface area contributed by atoms with Crippen molar-refractivity contribution in [2.24, 2.45) is 0 Å². The summed E-state index contributed by atoms with van der Waals surface area (Å²) in [4.78, 5) is 37.2. The summed E-state index contributed by atoms with van der Waals surface area (Å²) in [5, 5.41) is 34.8. The molecule has 6 atom stereocenters. The summed E-state index contributed by atoms with van der Waals surface area (Å²) in [6, 6.07) is -2.08. The fourth-order valence-corrected chi connectivity index (χ4v) is 3.46. The Morgan fingerprint density at radius 3 is 2.53 bits per heavy atom. The number of ether oxygens (including phenoxy) is 3. The van der Waals surface area contributed by atoms with Crippen LogP contribution in [-0.4, -0.2) is 88.6 Å². The molecule has 0 bridgehead atoms. The van der Waals surface area contributed by atoms with Crippen LogP contribution in [-0.2, 0) is 28.6 Å². The number of aliphatic hydroxyl groups excluding tert-OH is 3. The number of fused-ring (bicyclic) bond motifs is 1. The van der Waals surface area contributed by atoms with E-state index in [-0.39, 0.29) is 31.6 Å². The highest BCUT2D eigenvalue weighted by Crippen LogP contribution is 2.28. The van der Waals surface area contributed by atoms with Gasteiger partial charge in [-0.15, -0.1) is 0 Å². The number of rotatable bonds is 9. The quantitative estimate of drug-likeness (QED) is 0.269.